The highest BCUT2D eigenvalue weighted by molar-refractivity contribution is 8.00. The monoisotopic (exact) mass is 401 g/mol. The van der Waals surface area contributed by atoms with Crippen LogP contribution in [0, 0.1) is 12.7 Å². The fourth-order valence-electron chi connectivity index (χ4n) is 3.00. The Labute approximate surface area is 168 Å². The van der Waals surface area contributed by atoms with Crippen molar-refractivity contribution in [3.05, 3.63) is 59.9 Å². The molecule has 0 spiro atoms. The van der Waals surface area contributed by atoms with Crippen molar-refractivity contribution in [1.82, 2.24) is 9.80 Å². The Kier molecular flexibility index (Phi) is 7.06. The van der Waals surface area contributed by atoms with E-state index >= 15 is 0 Å². The summed E-state index contributed by atoms with van der Waals surface area (Å²) in [7, 11) is 0. The molecule has 2 amide bonds. The molecule has 1 heterocycles. The van der Waals surface area contributed by atoms with Crippen molar-refractivity contribution in [3.63, 3.8) is 0 Å². The summed E-state index contributed by atoms with van der Waals surface area (Å²) < 4.78 is 13.2. The molecule has 0 unspecified atom stereocenters. The van der Waals surface area contributed by atoms with Gasteiger partial charge in [-0.3, -0.25) is 14.5 Å². The number of hydrogen-bond donors (Lipinski definition) is 1. The van der Waals surface area contributed by atoms with Crippen LogP contribution in [0.15, 0.2) is 53.4 Å². The van der Waals surface area contributed by atoms with E-state index in [0.29, 0.717) is 37.6 Å². The van der Waals surface area contributed by atoms with Crippen LogP contribution in [-0.4, -0.2) is 60.1 Å². The minimum atomic E-state index is -0.381. The van der Waals surface area contributed by atoms with Crippen LogP contribution in [0.1, 0.15) is 5.56 Å². The number of hydrogen-bond acceptors (Lipinski definition) is 4. The predicted octanol–water partition coefficient (Wildman–Crippen LogP) is 3.01. The van der Waals surface area contributed by atoms with Gasteiger partial charge in [-0.25, -0.2) is 4.39 Å². The summed E-state index contributed by atoms with van der Waals surface area (Å²) in [5.74, 6) is -0.0217. The van der Waals surface area contributed by atoms with Crippen LogP contribution in [0.4, 0.5) is 10.1 Å². The van der Waals surface area contributed by atoms with Gasteiger partial charge in [0.15, 0.2) is 0 Å². The van der Waals surface area contributed by atoms with Crippen LogP contribution in [0.25, 0.3) is 0 Å². The molecule has 3 rings (SSSR count). The number of amides is 2. The number of carbonyl (C=O) groups excluding carboxylic acids is 2. The first-order chi connectivity index (χ1) is 13.5. The van der Waals surface area contributed by atoms with Crippen molar-refractivity contribution >= 4 is 29.3 Å². The summed E-state index contributed by atoms with van der Waals surface area (Å²) >= 11 is 1.55. The van der Waals surface area contributed by atoms with E-state index in [1.807, 2.05) is 41.0 Å². The van der Waals surface area contributed by atoms with Crippen molar-refractivity contribution in [2.75, 3.05) is 43.8 Å². The molecule has 1 aliphatic heterocycles. The zero-order valence-electron chi connectivity index (χ0n) is 15.9. The average Bonchev–Trinajstić information content (AvgIpc) is 2.68. The highest BCUT2D eigenvalue weighted by atomic mass is 32.2. The Bertz CT molecular complexity index is 821. The highest BCUT2D eigenvalue weighted by Crippen LogP contribution is 2.19. The van der Waals surface area contributed by atoms with Crippen molar-refractivity contribution in [2.24, 2.45) is 0 Å². The van der Waals surface area contributed by atoms with Gasteiger partial charge in [0.2, 0.25) is 11.8 Å². The van der Waals surface area contributed by atoms with Gasteiger partial charge in [-0.1, -0.05) is 23.8 Å². The largest absolute Gasteiger partial charge is 0.339 e. The number of rotatable bonds is 6. The molecule has 2 aromatic carbocycles. The molecule has 1 N–H and O–H groups in total. The number of aryl methyl sites for hydroxylation is 1. The summed E-state index contributed by atoms with van der Waals surface area (Å²) in [6, 6.07) is 14.0. The fraction of sp³-hybridized carbons (Fsp3) is 0.333. The Morgan fingerprint density at radius 1 is 1.07 bits per heavy atom. The second kappa shape index (κ2) is 9.71. The molecule has 1 aliphatic rings. The van der Waals surface area contributed by atoms with E-state index in [9.17, 15) is 14.0 Å². The smallest absolute Gasteiger partial charge is 0.238 e. The van der Waals surface area contributed by atoms with Crippen LogP contribution >= 0.6 is 11.8 Å². The van der Waals surface area contributed by atoms with Gasteiger partial charge in [0.1, 0.15) is 5.82 Å². The third-order valence-electron chi connectivity index (χ3n) is 4.58. The van der Waals surface area contributed by atoms with Crippen LogP contribution < -0.4 is 5.32 Å². The maximum atomic E-state index is 13.2. The van der Waals surface area contributed by atoms with Gasteiger partial charge in [0, 0.05) is 36.8 Å². The molecule has 148 valence electrons. The molecule has 0 atom stereocenters. The standard InChI is InChI=1S/C21H24FN3O2S/c1-16-5-7-19(8-6-16)28-15-21(27)25-11-9-24(10-12-25)14-20(26)23-18-4-2-3-17(22)13-18/h2-8,13H,9-12,14-15H2,1H3,(H,23,26). The third-order valence-corrected chi connectivity index (χ3v) is 5.58. The summed E-state index contributed by atoms with van der Waals surface area (Å²) in [4.78, 5) is 29.5. The maximum Gasteiger partial charge on any atom is 0.238 e. The van der Waals surface area contributed by atoms with E-state index in [-0.39, 0.29) is 24.2 Å². The van der Waals surface area contributed by atoms with E-state index < -0.39 is 0 Å². The number of thioether (sulfide) groups is 1. The van der Waals surface area contributed by atoms with Gasteiger partial charge in [0.25, 0.3) is 0 Å². The Morgan fingerprint density at radius 2 is 1.79 bits per heavy atom. The quantitative estimate of drug-likeness (QED) is 0.756. The van der Waals surface area contributed by atoms with E-state index in [1.54, 1.807) is 23.9 Å². The van der Waals surface area contributed by atoms with Gasteiger partial charge in [-0.15, -0.1) is 11.8 Å². The molecule has 1 saturated heterocycles. The lowest BCUT2D eigenvalue weighted by Gasteiger charge is -2.34. The second-order valence-electron chi connectivity index (χ2n) is 6.82. The van der Waals surface area contributed by atoms with Gasteiger partial charge in [-0.05, 0) is 37.3 Å². The molecule has 5 nitrogen and oxygen atoms in total. The number of nitrogens with one attached hydrogen (secondary N) is 1. The number of anilines is 1. The zero-order valence-corrected chi connectivity index (χ0v) is 16.7. The number of nitrogens with zero attached hydrogens (tertiary/aromatic N) is 2. The fourth-order valence-corrected chi connectivity index (χ4v) is 3.80. The van der Waals surface area contributed by atoms with Crippen molar-refractivity contribution in [3.8, 4) is 0 Å². The molecule has 28 heavy (non-hydrogen) atoms. The minimum absolute atomic E-state index is 0.120. The van der Waals surface area contributed by atoms with E-state index in [0.717, 1.165) is 4.90 Å². The molecule has 0 bridgehead atoms. The average molecular weight is 402 g/mol. The third kappa shape index (κ3) is 6.07. The lowest BCUT2D eigenvalue weighted by atomic mass is 10.2. The van der Waals surface area contributed by atoms with Gasteiger partial charge >= 0.3 is 0 Å². The normalized spacial score (nSPS) is 14.7. The van der Waals surface area contributed by atoms with Gasteiger partial charge in [0.05, 0.1) is 12.3 Å². The van der Waals surface area contributed by atoms with Gasteiger partial charge in [-0.2, -0.15) is 0 Å². The molecule has 1 fully saturated rings. The second-order valence-corrected chi connectivity index (χ2v) is 7.87. The van der Waals surface area contributed by atoms with Crippen molar-refractivity contribution in [2.45, 2.75) is 11.8 Å². The Hall–Kier alpha value is -2.38. The van der Waals surface area contributed by atoms with E-state index in [4.69, 9.17) is 0 Å². The summed E-state index contributed by atoms with van der Waals surface area (Å²) in [5.41, 5.74) is 1.65. The van der Waals surface area contributed by atoms with E-state index in [1.165, 1.54) is 17.7 Å². The van der Waals surface area contributed by atoms with Crippen molar-refractivity contribution in [1.29, 1.82) is 0 Å². The summed E-state index contributed by atoms with van der Waals surface area (Å²) in [6.45, 7) is 4.80. The first-order valence-corrected chi connectivity index (χ1v) is 10.2. The maximum absolute atomic E-state index is 13.2. The number of carbonyl (C=O) groups is 2. The Balaban J connectivity index is 1.39. The lowest BCUT2D eigenvalue weighted by Crippen LogP contribution is -2.50. The minimum Gasteiger partial charge on any atom is -0.339 e. The summed E-state index contributed by atoms with van der Waals surface area (Å²) in [6.07, 6.45) is 0. The first-order valence-electron chi connectivity index (χ1n) is 9.24. The highest BCUT2D eigenvalue weighted by Gasteiger charge is 2.22. The zero-order chi connectivity index (χ0) is 19.9. The van der Waals surface area contributed by atoms with Crippen LogP contribution in [-0.2, 0) is 9.59 Å². The lowest BCUT2D eigenvalue weighted by molar-refractivity contribution is -0.130. The molecule has 2 aromatic rings. The number of piperazine rings is 1. The number of benzene rings is 2. The molecule has 0 aliphatic carbocycles. The molecule has 7 heteroatoms. The predicted molar refractivity (Wildman–Crippen MR) is 110 cm³/mol. The molecule has 0 saturated carbocycles. The Morgan fingerprint density at radius 3 is 2.46 bits per heavy atom. The first kappa shape index (κ1) is 20.4. The van der Waals surface area contributed by atoms with Gasteiger partial charge < -0.3 is 10.2 Å². The SMILES string of the molecule is Cc1ccc(SCC(=O)N2CCN(CC(=O)Nc3cccc(F)c3)CC2)cc1. The van der Waals surface area contributed by atoms with Crippen LogP contribution in [0.2, 0.25) is 0 Å². The molecular weight excluding hydrogens is 377 g/mol. The van der Waals surface area contributed by atoms with Crippen LogP contribution in [0.3, 0.4) is 0 Å². The topological polar surface area (TPSA) is 52.7 Å². The molecule has 0 aromatic heterocycles. The molecule has 0 radical (unpaired) electrons. The number of halogens is 1. The van der Waals surface area contributed by atoms with Crippen molar-refractivity contribution < 1.29 is 14.0 Å². The summed E-state index contributed by atoms with van der Waals surface area (Å²) in [5, 5.41) is 2.70. The van der Waals surface area contributed by atoms with Crippen LogP contribution in [0.5, 0.6) is 0 Å². The van der Waals surface area contributed by atoms with E-state index in [2.05, 4.69) is 5.32 Å². The molecular formula is C21H24FN3O2S.